The average Bonchev–Trinajstić information content (AvgIpc) is 2.64. The van der Waals surface area contributed by atoms with Crippen LogP contribution in [0.5, 0.6) is 0 Å². The van der Waals surface area contributed by atoms with Crippen molar-refractivity contribution in [2.45, 2.75) is 0 Å². The molecular weight excluding hydrogens is 158 g/mol. The summed E-state index contributed by atoms with van der Waals surface area (Å²) in [5.41, 5.74) is 0. The Hall–Kier alpha value is -1.29. The Morgan fingerprint density at radius 1 is 0.909 bits per heavy atom. The molecular formula is C7H7N3S. The van der Waals surface area contributed by atoms with Crippen molar-refractivity contribution >= 4 is 11.5 Å². The predicted molar refractivity (Wildman–Crippen MR) is 44.1 cm³/mol. The topological polar surface area (TPSA) is 38.7 Å². The van der Waals surface area contributed by atoms with Gasteiger partial charge in [-0.25, -0.2) is 0 Å². The summed E-state index contributed by atoms with van der Waals surface area (Å²) in [5.74, 6) is 0. The van der Waals surface area contributed by atoms with E-state index in [9.17, 15) is 0 Å². The van der Waals surface area contributed by atoms with Gasteiger partial charge < -0.3 is 0 Å². The Labute approximate surface area is 68.9 Å². The van der Waals surface area contributed by atoms with E-state index >= 15 is 0 Å². The van der Waals surface area contributed by atoms with Crippen LogP contribution in [0, 0.1) is 0 Å². The third-order valence-corrected chi connectivity index (χ3v) is 1.28. The van der Waals surface area contributed by atoms with Gasteiger partial charge in [0.2, 0.25) is 0 Å². The molecule has 0 N–H and O–H groups in total. The van der Waals surface area contributed by atoms with Gasteiger partial charge in [-0.1, -0.05) is 10.6 Å². The van der Waals surface area contributed by atoms with E-state index in [0.29, 0.717) is 0 Å². The van der Waals surface area contributed by atoms with Gasteiger partial charge >= 0.3 is 0 Å². The van der Waals surface area contributed by atoms with Crippen LogP contribution in [0.25, 0.3) is 0 Å². The summed E-state index contributed by atoms with van der Waals surface area (Å²) in [4.78, 5) is 3.78. The Balaban J connectivity index is 0.000000112. The minimum absolute atomic E-state index is 1.35. The van der Waals surface area contributed by atoms with E-state index in [-0.39, 0.29) is 0 Å². The lowest BCUT2D eigenvalue weighted by Crippen LogP contribution is -1.58. The Morgan fingerprint density at radius 2 is 1.73 bits per heavy atom. The lowest BCUT2D eigenvalue weighted by atomic mass is 10.5. The second kappa shape index (κ2) is 5.49. The molecule has 0 aliphatic carbocycles. The maximum absolute atomic E-state index is 3.78. The summed E-state index contributed by atoms with van der Waals surface area (Å²) in [5, 5.41) is 5.31. The monoisotopic (exact) mass is 165 g/mol. The first-order chi connectivity index (χ1) is 5.50. The van der Waals surface area contributed by atoms with E-state index in [1.807, 2.05) is 23.6 Å². The summed E-state index contributed by atoms with van der Waals surface area (Å²) >= 11 is 1.35. The summed E-state index contributed by atoms with van der Waals surface area (Å²) in [6.45, 7) is 0. The van der Waals surface area contributed by atoms with Gasteiger partial charge in [0, 0.05) is 17.8 Å². The van der Waals surface area contributed by atoms with Crippen LogP contribution in [-0.2, 0) is 0 Å². The SMILES string of the molecule is c1ccncc1.c1csnn1. The quantitative estimate of drug-likeness (QED) is 0.595. The highest BCUT2D eigenvalue weighted by Gasteiger charge is 1.61. The van der Waals surface area contributed by atoms with Crippen LogP contribution in [0.15, 0.2) is 42.2 Å². The van der Waals surface area contributed by atoms with Crippen molar-refractivity contribution in [1.29, 1.82) is 0 Å². The molecule has 3 nitrogen and oxygen atoms in total. The van der Waals surface area contributed by atoms with E-state index in [2.05, 4.69) is 14.6 Å². The maximum atomic E-state index is 3.78. The highest BCUT2D eigenvalue weighted by molar-refractivity contribution is 7.03. The fourth-order valence-corrected chi connectivity index (χ4v) is 0.721. The molecule has 56 valence electrons. The molecule has 0 amide bonds. The first-order valence-corrected chi connectivity index (χ1v) is 3.90. The van der Waals surface area contributed by atoms with Gasteiger partial charge in [-0.15, -0.1) is 5.10 Å². The highest BCUT2D eigenvalue weighted by atomic mass is 32.1. The molecule has 11 heavy (non-hydrogen) atoms. The molecule has 0 spiro atoms. The van der Waals surface area contributed by atoms with Crippen molar-refractivity contribution in [1.82, 2.24) is 14.6 Å². The summed E-state index contributed by atoms with van der Waals surface area (Å²) in [7, 11) is 0. The lowest BCUT2D eigenvalue weighted by Gasteiger charge is -1.70. The van der Waals surface area contributed by atoms with Gasteiger partial charge in [0.25, 0.3) is 0 Å². The van der Waals surface area contributed by atoms with Crippen LogP contribution in [0.1, 0.15) is 0 Å². The lowest BCUT2D eigenvalue weighted by molar-refractivity contribution is 1.16. The molecule has 0 fully saturated rings. The maximum Gasteiger partial charge on any atom is 0.0620 e. The van der Waals surface area contributed by atoms with Crippen molar-refractivity contribution in [2.24, 2.45) is 0 Å². The van der Waals surface area contributed by atoms with Gasteiger partial charge in [0.05, 0.1) is 6.20 Å². The zero-order valence-corrected chi connectivity index (χ0v) is 6.61. The predicted octanol–water partition coefficient (Wildman–Crippen LogP) is 1.62. The summed E-state index contributed by atoms with van der Waals surface area (Å²) in [6, 6.07) is 5.72. The zero-order valence-electron chi connectivity index (χ0n) is 5.79. The molecule has 0 bridgehead atoms. The van der Waals surface area contributed by atoms with Crippen molar-refractivity contribution < 1.29 is 0 Å². The molecule has 0 aliphatic heterocycles. The second-order valence-corrected chi connectivity index (χ2v) is 2.26. The molecule has 2 heterocycles. The summed E-state index contributed by atoms with van der Waals surface area (Å²) in [6.07, 6.45) is 5.16. The van der Waals surface area contributed by atoms with Crippen LogP contribution in [0.2, 0.25) is 0 Å². The van der Waals surface area contributed by atoms with Crippen LogP contribution < -0.4 is 0 Å². The van der Waals surface area contributed by atoms with E-state index in [1.54, 1.807) is 18.6 Å². The fourth-order valence-electron chi connectivity index (χ4n) is 0.449. The number of hydrogen-bond acceptors (Lipinski definition) is 4. The number of rotatable bonds is 0. The minimum Gasteiger partial charge on any atom is -0.265 e. The number of aromatic nitrogens is 3. The van der Waals surface area contributed by atoms with E-state index in [4.69, 9.17) is 0 Å². The van der Waals surface area contributed by atoms with Gasteiger partial charge in [0.1, 0.15) is 0 Å². The molecule has 2 rings (SSSR count). The normalized spacial score (nSPS) is 8.00. The molecule has 0 saturated carbocycles. The van der Waals surface area contributed by atoms with Crippen molar-refractivity contribution in [3.05, 3.63) is 42.2 Å². The van der Waals surface area contributed by atoms with E-state index in [0.717, 1.165) is 0 Å². The molecule has 4 heteroatoms. The van der Waals surface area contributed by atoms with Crippen molar-refractivity contribution in [3.63, 3.8) is 0 Å². The molecule has 0 aliphatic rings. The van der Waals surface area contributed by atoms with Crippen LogP contribution in [0.3, 0.4) is 0 Å². The van der Waals surface area contributed by atoms with Crippen molar-refractivity contribution in [2.75, 3.05) is 0 Å². The standard InChI is InChI=1S/C5H5N.C2H2N2S/c1-2-4-6-5-3-1;1-2-5-4-3-1/h1-5H;1-2H. The van der Waals surface area contributed by atoms with Gasteiger partial charge in [0.15, 0.2) is 0 Å². The number of pyridine rings is 1. The molecule has 0 aromatic carbocycles. The smallest absolute Gasteiger partial charge is 0.0620 e. The van der Waals surface area contributed by atoms with Crippen LogP contribution >= 0.6 is 11.5 Å². The minimum atomic E-state index is 1.35. The number of nitrogens with zero attached hydrogens (tertiary/aromatic N) is 3. The molecule has 2 aromatic rings. The summed E-state index contributed by atoms with van der Waals surface area (Å²) < 4.78 is 3.51. The number of hydrogen-bond donors (Lipinski definition) is 0. The zero-order chi connectivity index (χ0) is 7.78. The Kier molecular flexibility index (Phi) is 3.90. The second-order valence-electron chi connectivity index (χ2n) is 1.61. The first-order valence-electron chi connectivity index (χ1n) is 3.06. The molecule has 0 unspecified atom stereocenters. The van der Waals surface area contributed by atoms with E-state index < -0.39 is 0 Å². The van der Waals surface area contributed by atoms with E-state index in [1.165, 1.54) is 11.5 Å². The molecule has 0 saturated heterocycles. The van der Waals surface area contributed by atoms with Crippen LogP contribution in [0.4, 0.5) is 0 Å². The average molecular weight is 165 g/mol. The third-order valence-electron chi connectivity index (χ3n) is 0.849. The van der Waals surface area contributed by atoms with Gasteiger partial charge in [-0.3, -0.25) is 4.98 Å². The van der Waals surface area contributed by atoms with Crippen molar-refractivity contribution in [3.8, 4) is 0 Å². The largest absolute Gasteiger partial charge is 0.265 e. The molecule has 2 aromatic heterocycles. The first kappa shape index (κ1) is 7.81. The molecule has 0 atom stereocenters. The third kappa shape index (κ3) is 4.16. The van der Waals surface area contributed by atoms with Crippen LogP contribution in [-0.4, -0.2) is 14.6 Å². The fraction of sp³-hybridized carbons (Fsp3) is 0. The van der Waals surface area contributed by atoms with Gasteiger partial charge in [-0.05, 0) is 23.7 Å². The van der Waals surface area contributed by atoms with Gasteiger partial charge in [-0.2, -0.15) is 0 Å². The highest BCUT2D eigenvalue weighted by Crippen LogP contribution is 1.78. The Morgan fingerprint density at radius 3 is 1.91 bits per heavy atom. The Bertz CT molecular complexity index is 200. The molecule has 0 radical (unpaired) electrons.